The molecular formula is C13H12F3N3O. The molecule has 2 aromatic rings. The number of aromatic nitrogens is 3. The number of halogens is 3. The van der Waals surface area contributed by atoms with Gasteiger partial charge in [0.05, 0.1) is 12.2 Å². The number of hydrogen-bond acceptors (Lipinski definition) is 3. The lowest BCUT2D eigenvalue weighted by Crippen LogP contribution is -2.19. The maximum atomic E-state index is 13.2. The van der Waals surface area contributed by atoms with Gasteiger partial charge in [0.2, 0.25) is 0 Å². The van der Waals surface area contributed by atoms with Gasteiger partial charge in [0, 0.05) is 18.8 Å². The third-order valence-corrected chi connectivity index (χ3v) is 3.35. The Balaban J connectivity index is 1.89. The highest BCUT2D eigenvalue weighted by molar-refractivity contribution is 5.57. The molecular weight excluding hydrogens is 271 g/mol. The molecule has 0 saturated carbocycles. The van der Waals surface area contributed by atoms with Crippen LogP contribution >= 0.6 is 0 Å². The van der Waals surface area contributed by atoms with E-state index < -0.39 is 17.5 Å². The molecule has 106 valence electrons. The molecule has 4 nitrogen and oxygen atoms in total. The molecule has 1 aromatic carbocycles. The van der Waals surface area contributed by atoms with Crippen molar-refractivity contribution in [3.05, 3.63) is 35.8 Å². The fourth-order valence-corrected chi connectivity index (χ4v) is 2.24. The molecule has 0 radical (unpaired) electrons. The Hall–Kier alpha value is -1.89. The first-order valence-corrected chi connectivity index (χ1v) is 6.29. The summed E-state index contributed by atoms with van der Waals surface area (Å²) in [7, 11) is 0. The standard InChI is InChI=1S/C13H12F3N3O/c14-10-5-8(6-11(15)13(10)16)12-7-19(18-17-12)9-1-3-20-4-2-9/h5-7,9H,1-4H2. The molecule has 0 atom stereocenters. The number of ether oxygens (including phenoxy) is 1. The molecule has 1 aromatic heterocycles. The molecule has 0 unspecified atom stereocenters. The van der Waals surface area contributed by atoms with Crippen LogP contribution in [-0.2, 0) is 4.74 Å². The zero-order valence-corrected chi connectivity index (χ0v) is 10.5. The van der Waals surface area contributed by atoms with Crippen LogP contribution < -0.4 is 0 Å². The van der Waals surface area contributed by atoms with Gasteiger partial charge in [0.1, 0.15) is 5.69 Å². The predicted octanol–water partition coefficient (Wildman–Crippen LogP) is 2.71. The van der Waals surface area contributed by atoms with Crippen LogP contribution in [0, 0.1) is 17.5 Å². The molecule has 1 aliphatic rings. The first-order valence-electron chi connectivity index (χ1n) is 6.29. The second-order valence-electron chi connectivity index (χ2n) is 4.68. The minimum Gasteiger partial charge on any atom is -0.381 e. The topological polar surface area (TPSA) is 39.9 Å². The van der Waals surface area contributed by atoms with Crippen molar-refractivity contribution in [2.24, 2.45) is 0 Å². The zero-order chi connectivity index (χ0) is 14.1. The van der Waals surface area contributed by atoms with Crippen molar-refractivity contribution >= 4 is 0 Å². The summed E-state index contributed by atoms with van der Waals surface area (Å²) in [6, 6.07) is 1.99. The van der Waals surface area contributed by atoms with E-state index in [9.17, 15) is 13.2 Å². The average molecular weight is 283 g/mol. The van der Waals surface area contributed by atoms with E-state index in [1.54, 1.807) is 10.9 Å². The van der Waals surface area contributed by atoms with E-state index in [1.165, 1.54) is 0 Å². The van der Waals surface area contributed by atoms with Gasteiger partial charge in [0.15, 0.2) is 17.5 Å². The van der Waals surface area contributed by atoms with Gasteiger partial charge in [-0.25, -0.2) is 17.9 Å². The lowest BCUT2D eigenvalue weighted by atomic mass is 10.1. The van der Waals surface area contributed by atoms with Crippen molar-refractivity contribution in [1.82, 2.24) is 15.0 Å². The minimum absolute atomic E-state index is 0.166. The molecule has 0 bridgehead atoms. The third-order valence-electron chi connectivity index (χ3n) is 3.35. The lowest BCUT2D eigenvalue weighted by molar-refractivity contribution is 0.0657. The second-order valence-corrected chi connectivity index (χ2v) is 4.68. The molecule has 0 spiro atoms. The molecule has 20 heavy (non-hydrogen) atoms. The highest BCUT2D eigenvalue weighted by atomic mass is 19.2. The number of rotatable bonds is 2. The van der Waals surface area contributed by atoms with Gasteiger partial charge >= 0.3 is 0 Å². The van der Waals surface area contributed by atoms with Crippen LogP contribution in [0.1, 0.15) is 18.9 Å². The Labute approximate surface area is 113 Å². The SMILES string of the molecule is Fc1cc(-c2cn(C3CCOCC3)nn2)cc(F)c1F. The first kappa shape index (κ1) is 13.1. The van der Waals surface area contributed by atoms with Crippen molar-refractivity contribution in [3.63, 3.8) is 0 Å². The molecule has 1 saturated heterocycles. The van der Waals surface area contributed by atoms with E-state index in [1.807, 2.05) is 0 Å². The van der Waals surface area contributed by atoms with Crippen LogP contribution in [0.15, 0.2) is 18.3 Å². The summed E-state index contributed by atoms with van der Waals surface area (Å²) in [4.78, 5) is 0. The Kier molecular flexibility index (Phi) is 3.43. The van der Waals surface area contributed by atoms with Gasteiger partial charge in [0.25, 0.3) is 0 Å². The Bertz CT molecular complexity index is 600. The van der Waals surface area contributed by atoms with Crippen molar-refractivity contribution in [2.45, 2.75) is 18.9 Å². The summed E-state index contributed by atoms with van der Waals surface area (Å²) in [6.07, 6.45) is 3.24. The van der Waals surface area contributed by atoms with E-state index in [4.69, 9.17) is 4.74 Å². The Morgan fingerprint density at radius 1 is 1.10 bits per heavy atom. The average Bonchev–Trinajstić information content (AvgIpc) is 2.95. The van der Waals surface area contributed by atoms with Gasteiger partial charge < -0.3 is 4.74 Å². The van der Waals surface area contributed by atoms with Crippen LogP contribution in [0.3, 0.4) is 0 Å². The molecule has 0 N–H and O–H groups in total. The van der Waals surface area contributed by atoms with E-state index in [0.29, 0.717) is 18.9 Å². The van der Waals surface area contributed by atoms with Crippen LogP contribution in [0.25, 0.3) is 11.3 Å². The van der Waals surface area contributed by atoms with Crippen molar-refractivity contribution < 1.29 is 17.9 Å². The van der Waals surface area contributed by atoms with Gasteiger partial charge in [-0.2, -0.15) is 0 Å². The van der Waals surface area contributed by atoms with Gasteiger partial charge in [-0.15, -0.1) is 5.10 Å². The van der Waals surface area contributed by atoms with Crippen LogP contribution in [-0.4, -0.2) is 28.2 Å². The molecule has 1 fully saturated rings. The third kappa shape index (κ3) is 2.40. The fourth-order valence-electron chi connectivity index (χ4n) is 2.24. The van der Waals surface area contributed by atoms with Gasteiger partial charge in [-0.3, -0.25) is 0 Å². The van der Waals surface area contributed by atoms with Crippen molar-refractivity contribution in [2.75, 3.05) is 13.2 Å². The second kappa shape index (κ2) is 5.24. The van der Waals surface area contributed by atoms with Gasteiger partial charge in [-0.05, 0) is 25.0 Å². The maximum absolute atomic E-state index is 13.2. The Morgan fingerprint density at radius 3 is 2.40 bits per heavy atom. The monoisotopic (exact) mass is 283 g/mol. The summed E-state index contributed by atoms with van der Waals surface area (Å²) in [5.74, 6) is -3.95. The number of hydrogen-bond donors (Lipinski definition) is 0. The smallest absolute Gasteiger partial charge is 0.194 e. The molecule has 2 heterocycles. The quantitative estimate of drug-likeness (QED) is 0.796. The van der Waals surface area contributed by atoms with Gasteiger partial charge in [-0.1, -0.05) is 5.21 Å². The van der Waals surface area contributed by atoms with E-state index in [-0.39, 0.29) is 11.6 Å². The Morgan fingerprint density at radius 2 is 1.75 bits per heavy atom. The summed E-state index contributed by atoms with van der Waals surface area (Å²) >= 11 is 0. The maximum Gasteiger partial charge on any atom is 0.194 e. The summed E-state index contributed by atoms with van der Waals surface area (Å²) in [5.41, 5.74) is 0.481. The normalized spacial score (nSPS) is 16.6. The van der Waals surface area contributed by atoms with Crippen LogP contribution in [0.5, 0.6) is 0 Å². The van der Waals surface area contributed by atoms with E-state index in [2.05, 4.69) is 10.3 Å². The van der Waals surface area contributed by atoms with E-state index >= 15 is 0 Å². The van der Waals surface area contributed by atoms with Crippen LogP contribution in [0.2, 0.25) is 0 Å². The summed E-state index contributed by atoms with van der Waals surface area (Å²) < 4.78 is 46.2. The van der Waals surface area contributed by atoms with Crippen molar-refractivity contribution in [3.8, 4) is 11.3 Å². The highest BCUT2D eigenvalue weighted by Gasteiger charge is 2.19. The van der Waals surface area contributed by atoms with Crippen LogP contribution in [0.4, 0.5) is 13.2 Å². The summed E-state index contributed by atoms with van der Waals surface area (Å²) in [5, 5.41) is 7.86. The zero-order valence-electron chi connectivity index (χ0n) is 10.5. The van der Waals surface area contributed by atoms with Crippen molar-refractivity contribution in [1.29, 1.82) is 0 Å². The minimum atomic E-state index is -1.48. The number of nitrogens with zero attached hydrogens (tertiary/aromatic N) is 3. The molecule has 0 amide bonds. The molecule has 0 aliphatic carbocycles. The first-order chi connectivity index (χ1) is 9.65. The molecule has 3 rings (SSSR count). The lowest BCUT2D eigenvalue weighted by Gasteiger charge is -2.21. The summed E-state index contributed by atoms with van der Waals surface area (Å²) in [6.45, 7) is 1.30. The molecule has 7 heteroatoms. The predicted molar refractivity (Wildman–Crippen MR) is 64.4 cm³/mol. The highest BCUT2D eigenvalue weighted by Crippen LogP contribution is 2.25. The molecule has 1 aliphatic heterocycles. The largest absolute Gasteiger partial charge is 0.381 e. The fraction of sp³-hybridized carbons (Fsp3) is 0.385. The number of benzene rings is 1. The van der Waals surface area contributed by atoms with E-state index in [0.717, 1.165) is 25.0 Å².